The summed E-state index contributed by atoms with van der Waals surface area (Å²) in [4.78, 5) is 50.7. The van der Waals surface area contributed by atoms with Crippen LogP contribution in [0.1, 0.15) is 49.8 Å². The molecule has 2 aliphatic heterocycles. The molecule has 0 unspecified atom stereocenters. The van der Waals surface area contributed by atoms with Crippen molar-refractivity contribution in [1.29, 1.82) is 0 Å². The first-order valence-corrected chi connectivity index (χ1v) is 15.3. The zero-order chi connectivity index (χ0) is 30.3. The van der Waals surface area contributed by atoms with Crippen molar-refractivity contribution < 1.29 is 19.1 Å². The number of aryl methyl sites for hydroxylation is 1. The van der Waals surface area contributed by atoms with E-state index in [1.165, 1.54) is 22.2 Å². The number of hydrogen-bond acceptors (Lipinski definition) is 7. The number of nitrogens with one attached hydrogen (secondary N) is 2. The number of nitrogens with zero attached hydrogens (tertiary/aromatic N) is 3. The second kappa shape index (κ2) is 13.7. The van der Waals surface area contributed by atoms with Gasteiger partial charge in [0.15, 0.2) is 5.17 Å². The van der Waals surface area contributed by atoms with Crippen LogP contribution < -0.4 is 15.4 Å². The van der Waals surface area contributed by atoms with E-state index in [1.807, 2.05) is 79.7 Å². The third kappa shape index (κ3) is 6.80. The van der Waals surface area contributed by atoms with Crippen LogP contribution in [-0.2, 0) is 27.3 Å². The minimum atomic E-state index is -0.727. The number of rotatable bonds is 11. The number of anilines is 1. The number of ether oxygens (including phenoxy) is 1. The summed E-state index contributed by atoms with van der Waals surface area (Å²) in [6.07, 6.45) is 1.84. The first-order valence-electron chi connectivity index (χ1n) is 14.5. The molecule has 0 saturated heterocycles. The molecule has 0 bridgehead atoms. The van der Waals surface area contributed by atoms with Crippen LogP contribution in [0.25, 0.3) is 0 Å². The van der Waals surface area contributed by atoms with Gasteiger partial charge >= 0.3 is 0 Å². The summed E-state index contributed by atoms with van der Waals surface area (Å²) in [5, 5.41) is 5.83. The van der Waals surface area contributed by atoms with Crippen molar-refractivity contribution in [2.45, 2.75) is 57.4 Å². The number of thioether (sulfide) groups is 1. The summed E-state index contributed by atoms with van der Waals surface area (Å²) in [6, 6.07) is 22.1. The maximum atomic E-state index is 13.7. The van der Waals surface area contributed by atoms with Gasteiger partial charge in [0.25, 0.3) is 5.91 Å². The number of benzene rings is 3. The highest BCUT2D eigenvalue weighted by molar-refractivity contribution is 8.15. The Kier molecular flexibility index (Phi) is 9.56. The van der Waals surface area contributed by atoms with Crippen LogP contribution in [0.15, 0.2) is 82.8 Å². The number of fused-ring (bicyclic) bond motifs is 3. The molecule has 2 aliphatic rings. The van der Waals surface area contributed by atoms with Crippen molar-refractivity contribution in [2.24, 2.45) is 9.98 Å². The number of para-hydroxylation sites is 2. The van der Waals surface area contributed by atoms with Crippen molar-refractivity contribution in [3.05, 3.63) is 89.5 Å². The van der Waals surface area contributed by atoms with E-state index < -0.39 is 11.3 Å². The SMILES string of the molecule is CCc1ccc(NC(=O)[C@H](CC)SC2=Nc3ccccc3C3=N[C@@H](CCC(=O)NCc4ccccc4OC)C(=O)N23)cc1. The predicted molar refractivity (Wildman–Crippen MR) is 171 cm³/mol. The lowest BCUT2D eigenvalue weighted by Crippen LogP contribution is -2.42. The van der Waals surface area contributed by atoms with Gasteiger partial charge in [-0.1, -0.05) is 68.1 Å². The highest BCUT2D eigenvalue weighted by Gasteiger charge is 2.42. The van der Waals surface area contributed by atoms with Crippen LogP contribution in [-0.4, -0.2) is 52.0 Å². The molecule has 3 aromatic carbocycles. The Morgan fingerprint density at radius 1 is 1.02 bits per heavy atom. The van der Waals surface area contributed by atoms with Gasteiger partial charge in [0.2, 0.25) is 11.8 Å². The predicted octanol–water partition coefficient (Wildman–Crippen LogP) is 5.46. The van der Waals surface area contributed by atoms with Crippen LogP contribution in [0.3, 0.4) is 0 Å². The molecule has 222 valence electrons. The fourth-order valence-corrected chi connectivity index (χ4v) is 5.98. The van der Waals surface area contributed by atoms with E-state index in [1.54, 1.807) is 7.11 Å². The van der Waals surface area contributed by atoms with Crippen molar-refractivity contribution >= 4 is 51.9 Å². The van der Waals surface area contributed by atoms with Crippen molar-refractivity contribution in [2.75, 3.05) is 12.4 Å². The number of aliphatic imine (C=N–C) groups is 2. The zero-order valence-electron chi connectivity index (χ0n) is 24.5. The molecule has 5 rings (SSSR count). The van der Waals surface area contributed by atoms with Crippen LogP contribution in [0.5, 0.6) is 5.75 Å². The van der Waals surface area contributed by atoms with E-state index in [0.29, 0.717) is 35.4 Å². The number of amidine groups is 2. The Hall–Kier alpha value is -4.44. The minimum absolute atomic E-state index is 0.133. The number of hydrogen-bond donors (Lipinski definition) is 2. The Labute approximate surface area is 255 Å². The zero-order valence-corrected chi connectivity index (χ0v) is 25.3. The van der Waals surface area contributed by atoms with Crippen LogP contribution in [0.2, 0.25) is 0 Å². The number of carbonyl (C=O) groups is 3. The molecule has 2 N–H and O–H groups in total. The van der Waals surface area contributed by atoms with Gasteiger partial charge in [0.1, 0.15) is 17.6 Å². The lowest BCUT2D eigenvalue weighted by molar-refractivity contribution is -0.125. The van der Waals surface area contributed by atoms with Crippen LogP contribution in [0.4, 0.5) is 11.4 Å². The highest BCUT2D eigenvalue weighted by atomic mass is 32.2. The number of methoxy groups -OCH3 is 1. The molecule has 0 radical (unpaired) electrons. The van der Waals surface area contributed by atoms with Gasteiger partial charge in [-0.25, -0.2) is 9.89 Å². The monoisotopic (exact) mass is 597 g/mol. The van der Waals surface area contributed by atoms with E-state index in [2.05, 4.69) is 17.6 Å². The summed E-state index contributed by atoms with van der Waals surface area (Å²) in [7, 11) is 1.59. The van der Waals surface area contributed by atoms with Gasteiger partial charge in [0, 0.05) is 29.8 Å². The maximum Gasteiger partial charge on any atom is 0.259 e. The second-order valence-electron chi connectivity index (χ2n) is 10.2. The number of amides is 3. The summed E-state index contributed by atoms with van der Waals surface area (Å²) in [5.41, 5.74) is 4.22. The van der Waals surface area contributed by atoms with Gasteiger partial charge in [-0.15, -0.1) is 0 Å². The molecular weight excluding hydrogens is 562 g/mol. The Bertz CT molecular complexity index is 1570. The lowest BCUT2D eigenvalue weighted by atomic mass is 10.1. The van der Waals surface area contributed by atoms with Gasteiger partial charge in [-0.2, -0.15) is 0 Å². The molecule has 9 nitrogen and oxygen atoms in total. The fraction of sp³-hybridized carbons (Fsp3) is 0.303. The third-order valence-electron chi connectivity index (χ3n) is 7.40. The summed E-state index contributed by atoms with van der Waals surface area (Å²) in [5.74, 6) is 0.615. The first kappa shape index (κ1) is 30.0. The van der Waals surface area contributed by atoms with Crippen LogP contribution in [0, 0.1) is 0 Å². The summed E-state index contributed by atoms with van der Waals surface area (Å²) in [6.45, 7) is 4.34. The Morgan fingerprint density at radius 2 is 1.77 bits per heavy atom. The number of carbonyl (C=O) groups excluding carboxylic acids is 3. The van der Waals surface area contributed by atoms with Crippen molar-refractivity contribution in [1.82, 2.24) is 10.2 Å². The Balaban J connectivity index is 1.27. The van der Waals surface area contributed by atoms with E-state index in [4.69, 9.17) is 14.7 Å². The van der Waals surface area contributed by atoms with Gasteiger partial charge in [-0.05, 0) is 55.2 Å². The van der Waals surface area contributed by atoms with Crippen molar-refractivity contribution in [3.63, 3.8) is 0 Å². The summed E-state index contributed by atoms with van der Waals surface area (Å²) < 4.78 is 5.36. The third-order valence-corrected chi connectivity index (χ3v) is 8.72. The molecule has 3 aromatic rings. The lowest BCUT2D eigenvalue weighted by Gasteiger charge is -2.27. The molecule has 0 aliphatic carbocycles. The average molecular weight is 598 g/mol. The van der Waals surface area contributed by atoms with Crippen molar-refractivity contribution in [3.8, 4) is 5.75 Å². The van der Waals surface area contributed by atoms with Gasteiger partial charge < -0.3 is 15.4 Å². The van der Waals surface area contributed by atoms with E-state index >= 15 is 0 Å². The second-order valence-corrected chi connectivity index (χ2v) is 11.4. The highest BCUT2D eigenvalue weighted by Crippen LogP contribution is 2.36. The van der Waals surface area contributed by atoms with E-state index in [0.717, 1.165) is 23.2 Å². The van der Waals surface area contributed by atoms with E-state index in [-0.39, 0.29) is 30.6 Å². The van der Waals surface area contributed by atoms with Crippen LogP contribution >= 0.6 is 11.8 Å². The standard InChI is InChI=1S/C33H35N5O4S/c1-4-21-14-16-23(17-15-21)35-31(40)28(5-2)43-33-37-25-12-8-7-11-24(25)30-36-26(32(41)38(30)33)18-19-29(39)34-20-22-10-6-9-13-27(22)42-3/h6-17,26,28H,4-5,18-20H2,1-3H3,(H,34,39)(H,35,40)/t26-,28-/m0/s1. The molecule has 0 fully saturated rings. The smallest absolute Gasteiger partial charge is 0.259 e. The average Bonchev–Trinajstić information content (AvgIpc) is 3.38. The molecule has 0 saturated carbocycles. The fourth-order valence-electron chi connectivity index (χ4n) is 4.96. The molecule has 43 heavy (non-hydrogen) atoms. The molecule has 10 heteroatoms. The molecule has 0 spiro atoms. The van der Waals surface area contributed by atoms with Gasteiger partial charge in [0.05, 0.1) is 18.0 Å². The molecular formula is C33H35N5O4S. The normalized spacial score (nSPS) is 16.0. The minimum Gasteiger partial charge on any atom is -0.496 e. The van der Waals surface area contributed by atoms with E-state index in [9.17, 15) is 14.4 Å². The molecule has 3 amide bonds. The Morgan fingerprint density at radius 3 is 2.51 bits per heavy atom. The topological polar surface area (TPSA) is 112 Å². The largest absolute Gasteiger partial charge is 0.496 e. The first-order chi connectivity index (χ1) is 20.9. The molecule has 2 atom stereocenters. The molecule has 2 heterocycles. The summed E-state index contributed by atoms with van der Waals surface area (Å²) >= 11 is 1.25. The molecule has 0 aromatic heterocycles. The quantitative estimate of drug-likeness (QED) is 0.305. The maximum absolute atomic E-state index is 13.7. The van der Waals surface area contributed by atoms with Gasteiger partial charge in [-0.3, -0.25) is 19.4 Å².